The molecule has 166 valence electrons. The third-order valence-electron chi connectivity index (χ3n) is 5.53. The van der Waals surface area contributed by atoms with Gasteiger partial charge in [-0.2, -0.15) is 0 Å². The molecule has 7 heteroatoms. The van der Waals surface area contributed by atoms with E-state index in [9.17, 15) is 19.1 Å². The fourth-order valence-electron chi connectivity index (χ4n) is 3.69. The molecule has 33 heavy (non-hydrogen) atoms. The first-order valence-corrected chi connectivity index (χ1v) is 10.6. The summed E-state index contributed by atoms with van der Waals surface area (Å²) in [4.78, 5) is 31.1. The zero-order chi connectivity index (χ0) is 23.5. The van der Waals surface area contributed by atoms with E-state index in [0.717, 1.165) is 16.5 Å². The Morgan fingerprint density at radius 2 is 1.79 bits per heavy atom. The average molecular weight is 463 g/mol. The Labute approximate surface area is 195 Å². The molecule has 0 radical (unpaired) electrons. The van der Waals surface area contributed by atoms with Crippen molar-refractivity contribution in [1.29, 1.82) is 0 Å². The summed E-state index contributed by atoms with van der Waals surface area (Å²) in [5.41, 5.74) is 2.48. The molecule has 1 heterocycles. The fraction of sp³-hybridized carbons (Fsp3) is 0.115. The maximum atomic E-state index is 13.6. The van der Waals surface area contributed by atoms with Gasteiger partial charge in [0.1, 0.15) is 5.82 Å². The topological polar surface area (TPSA) is 70.5 Å². The van der Waals surface area contributed by atoms with E-state index in [1.165, 1.54) is 30.5 Å². The first kappa shape index (κ1) is 22.4. The number of rotatable bonds is 6. The highest BCUT2D eigenvalue weighted by atomic mass is 35.5. The number of pyridine rings is 1. The fourth-order valence-corrected chi connectivity index (χ4v) is 3.89. The third kappa shape index (κ3) is 4.86. The first-order valence-electron chi connectivity index (χ1n) is 10.3. The molecule has 0 spiro atoms. The number of benzene rings is 3. The van der Waals surface area contributed by atoms with Gasteiger partial charge in [-0.1, -0.05) is 48.0 Å². The standard InChI is InChI=1S/C26H20ClFN2O3/c1-16(18-7-9-21(28)10-8-18)30(15-17-6-11-23(27)22(12-17)26(32)33)25(31)20-13-19-4-2-3-5-24(19)29-14-20/h2-14,16H,15H2,1H3,(H,32,33). The average Bonchev–Trinajstić information content (AvgIpc) is 2.82. The van der Waals surface area contributed by atoms with Gasteiger partial charge in [0.05, 0.1) is 27.7 Å². The molecule has 0 aliphatic heterocycles. The highest BCUT2D eigenvalue weighted by Crippen LogP contribution is 2.27. The molecular formula is C26H20ClFN2O3. The van der Waals surface area contributed by atoms with Crippen molar-refractivity contribution in [2.24, 2.45) is 0 Å². The van der Waals surface area contributed by atoms with Crippen LogP contribution in [0, 0.1) is 5.82 Å². The van der Waals surface area contributed by atoms with Crippen LogP contribution in [0.15, 0.2) is 79.0 Å². The summed E-state index contributed by atoms with van der Waals surface area (Å²) in [6, 6.07) is 19.4. The summed E-state index contributed by atoms with van der Waals surface area (Å²) in [5.74, 6) is -1.80. The molecule has 1 unspecified atom stereocenters. The number of amides is 1. The van der Waals surface area contributed by atoms with Crippen molar-refractivity contribution in [1.82, 2.24) is 9.88 Å². The Bertz CT molecular complexity index is 1340. The van der Waals surface area contributed by atoms with E-state index in [2.05, 4.69) is 4.98 Å². The van der Waals surface area contributed by atoms with Gasteiger partial charge in [-0.3, -0.25) is 9.78 Å². The quantitative estimate of drug-likeness (QED) is 0.374. The summed E-state index contributed by atoms with van der Waals surface area (Å²) >= 11 is 6.01. The van der Waals surface area contributed by atoms with E-state index in [-0.39, 0.29) is 28.9 Å². The Kier molecular flexibility index (Phi) is 6.38. The summed E-state index contributed by atoms with van der Waals surface area (Å²) in [5, 5.41) is 10.4. The van der Waals surface area contributed by atoms with Gasteiger partial charge in [-0.15, -0.1) is 0 Å². The largest absolute Gasteiger partial charge is 0.478 e. The van der Waals surface area contributed by atoms with Crippen molar-refractivity contribution in [3.63, 3.8) is 0 Å². The molecule has 1 N–H and O–H groups in total. The minimum Gasteiger partial charge on any atom is -0.478 e. The monoisotopic (exact) mass is 462 g/mol. The molecule has 0 bridgehead atoms. The van der Waals surface area contributed by atoms with Crippen molar-refractivity contribution in [3.05, 3.63) is 112 Å². The molecule has 0 aliphatic carbocycles. The predicted octanol–water partition coefficient (Wildman–Crippen LogP) is 6.13. The van der Waals surface area contributed by atoms with E-state index in [1.54, 1.807) is 29.2 Å². The van der Waals surface area contributed by atoms with E-state index in [4.69, 9.17) is 11.6 Å². The zero-order valence-electron chi connectivity index (χ0n) is 17.7. The van der Waals surface area contributed by atoms with E-state index in [0.29, 0.717) is 11.1 Å². The van der Waals surface area contributed by atoms with Crippen molar-refractivity contribution in [3.8, 4) is 0 Å². The Balaban J connectivity index is 1.74. The van der Waals surface area contributed by atoms with Gasteiger partial charge in [0.15, 0.2) is 0 Å². The van der Waals surface area contributed by atoms with Gasteiger partial charge in [-0.05, 0) is 54.4 Å². The Morgan fingerprint density at radius 1 is 1.06 bits per heavy atom. The van der Waals surface area contributed by atoms with Crippen LogP contribution < -0.4 is 0 Å². The number of carbonyl (C=O) groups is 2. The van der Waals surface area contributed by atoms with Crippen LogP contribution in [-0.2, 0) is 6.54 Å². The van der Waals surface area contributed by atoms with Crippen LogP contribution in [-0.4, -0.2) is 26.9 Å². The number of halogens is 2. The molecule has 0 aliphatic rings. The number of carboxylic acid groups (broad SMARTS) is 1. The lowest BCUT2D eigenvalue weighted by Gasteiger charge is -2.30. The minimum atomic E-state index is -1.15. The van der Waals surface area contributed by atoms with Crippen molar-refractivity contribution >= 4 is 34.4 Å². The number of aromatic nitrogens is 1. The Hall–Kier alpha value is -3.77. The second-order valence-electron chi connectivity index (χ2n) is 7.70. The molecular weight excluding hydrogens is 443 g/mol. The lowest BCUT2D eigenvalue weighted by Crippen LogP contribution is -2.33. The normalized spacial score (nSPS) is 11.8. The molecule has 1 amide bonds. The van der Waals surface area contributed by atoms with Crippen LogP contribution >= 0.6 is 11.6 Å². The molecule has 4 rings (SSSR count). The molecule has 3 aromatic carbocycles. The third-order valence-corrected chi connectivity index (χ3v) is 5.86. The smallest absolute Gasteiger partial charge is 0.337 e. The lowest BCUT2D eigenvalue weighted by molar-refractivity contribution is 0.0673. The highest BCUT2D eigenvalue weighted by molar-refractivity contribution is 6.33. The van der Waals surface area contributed by atoms with E-state index >= 15 is 0 Å². The highest BCUT2D eigenvalue weighted by Gasteiger charge is 2.24. The summed E-state index contributed by atoms with van der Waals surface area (Å²) in [7, 11) is 0. The first-order chi connectivity index (χ1) is 15.8. The van der Waals surface area contributed by atoms with Crippen LogP contribution in [0.3, 0.4) is 0 Å². The number of nitrogens with zero attached hydrogens (tertiary/aromatic N) is 2. The Morgan fingerprint density at radius 3 is 2.52 bits per heavy atom. The number of aromatic carboxylic acids is 1. The van der Waals surface area contributed by atoms with E-state index < -0.39 is 12.0 Å². The zero-order valence-corrected chi connectivity index (χ0v) is 18.5. The maximum absolute atomic E-state index is 13.6. The van der Waals surface area contributed by atoms with Gasteiger partial charge in [0.25, 0.3) is 5.91 Å². The van der Waals surface area contributed by atoms with Gasteiger partial charge >= 0.3 is 5.97 Å². The van der Waals surface area contributed by atoms with Gasteiger partial charge in [0, 0.05) is 18.1 Å². The summed E-state index contributed by atoms with van der Waals surface area (Å²) in [6.07, 6.45) is 1.53. The molecule has 0 fully saturated rings. The van der Waals surface area contributed by atoms with Gasteiger partial charge < -0.3 is 10.0 Å². The number of carboxylic acids is 1. The van der Waals surface area contributed by atoms with Crippen LogP contribution in [0.4, 0.5) is 4.39 Å². The van der Waals surface area contributed by atoms with Crippen molar-refractivity contribution < 1.29 is 19.1 Å². The molecule has 0 saturated carbocycles. The van der Waals surface area contributed by atoms with E-state index in [1.807, 2.05) is 31.2 Å². The number of hydrogen-bond donors (Lipinski definition) is 1. The minimum absolute atomic E-state index is 0.0385. The van der Waals surface area contributed by atoms with Crippen LogP contribution in [0.5, 0.6) is 0 Å². The molecule has 1 aromatic heterocycles. The number of fused-ring (bicyclic) bond motifs is 1. The summed E-state index contributed by atoms with van der Waals surface area (Å²) in [6.45, 7) is 1.97. The second kappa shape index (κ2) is 9.38. The SMILES string of the molecule is CC(c1ccc(F)cc1)N(Cc1ccc(Cl)c(C(=O)O)c1)C(=O)c1cnc2ccccc2c1. The number of hydrogen-bond acceptors (Lipinski definition) is 3. The molecule has 0 saturated heterocycles. The van der Waals surface area contributed by atoms with Gasteiger partial charge in [-0.25, -0.2) is 9.18 Å². The van der Waals surface area contributed by atoms with Crippen LogP contribution in [0.1, 0.15) is 44.8 Å². The number of para-hydroxylation sites is 1. The lowest BCUT2D eigenvalue weighted by atomic mass is 10.0. The summed E-state index contributed by atoms with van der Waals surface area (Å²) < 4.78 is 13.5. The molecule has 4 aromatic rings. The van der Waals surface area contributed by atoms with Crippen molar-refractivity contribution in [2.45, 2.75) is 19.5 Å². The molecule has 5 nitrogen and oxygen atoms in total. The van der Waals surface area contributed by atoms with Gasteiger partial charge in [0.2, 0.25) is 0 Å². The van der Waals surface area contributed by atoms with Crippen LogP contribution in [0.2, 0.25) is 5.02 Å². The second-order valence-corrected chi connectivity index (χ2v) is 8.10. The number of carbonyl (C=O) groups excluding carboxylic acids is 1. The van der Waals surface area contributed by atoms with Crippen LogP contribution in [0.25, 0.3) is 10.9 Å². The molecule has 1 atom stereocenters. The van der Waals surface area contributed by atoms with Crippen molar-refractivity contribution in [2.75, 3.05) is 0 Å². The predicted molar refractivity (Wildman–Crippen MR) is 125 cm³/mol. The maximum Gasteiger partial charge on any atom is 0.337 e.